The Hall–Kier alpha value is -2.09. The topological polar surface area (TPSA) is 99.2 Å². The molecule has 0 aromatic carbocycles. The van der Waals surface area contributed by atoms with E-state index >= 15 is 0 Å². The Morgan fingerprint density at radius 2 is 1.53 bits per heavy atom. The number of carboxylic acids is 1. The third kappa shape index (κ3) is 5.67. The summed E-state index contributed by atoms with van der Waals surface area (Å²) in [7, 11) is 2.14. The summed E-state index contributed by atoms with van der Waals surface area (Å²) in [6, 6.07) is 0.142. The average molecular weight is 682 g/mol. The van der Waals surface area contributed by atoms with Crippen molar-refractivity contribution >= 4 is 18.0 Å². The number of likely N-dealkylation sites (N-methyl/N-ethyl adjacent to an activating group) is 1. The summed E-state index contributed by atoms with van der Waals surface area (Å²) in [4.78, 5) is 43.0. The number of nitrogens with zero attached hydrogens (tertiary/aromatic N) is 2. The molecule has 0 spiro atoms. The summed E-state index contributed by atoms with van der Waals surface area (Å²) in [6.07, 6.45) is 10.6. The van der Waals surface area contributed by atoms with Gasteiger partial charge >= 0.3 is 18.0 Å². The molecule has 2 N–H and O–H groups in total. The minimum atomic E-state index is -1.14. The molecule has 0 radical (unpaired) electrons. The van der Waals surface area contributed by atoms with E-state index in [0.29, 0.717) is 29.6 Å². The van der Waals surface area contributed by atoms with Gasteiger partial charge in [-0.3, -0.25) is 9.59 Å². The molecule has 6 fully saturated rings. The highest BCUT2D eigenvalue weighted by Crippen LogP contribution is 2.76. The van der Waals surface area contributed by atoms with Crippen molar-refractivity contribution in [2.45, 2.75) is 138 Å². The molecule has 8 heteroatoms. The zero-order valence-corrected chi connectivity index (χ0v) is 32.3. The van der Waals surface area contributed by atoms with Crippen LogP contribution < -0.4 is 5.32 Å². The molecule has 1 saturated heterocycles. The van der Waals surface area contributed by atoms with Crippen LogP contribution in [0.3, 0.4) is 0 Å². The number of carbonyl (C=O) groups is 3. The van der Waals surface area contributed by atoms with Crippen molar-refractivity contribution in [1.82, 2.24) is 15.1 Å². The van der Waals surface area contributed by atoms with Crippen LogP contribution in [-0.4, -0.2) is 77.7 Å². The van der Waals surface area contributed by atoms with Gasteiger partial charge in [0.15, 0.2) is 0 Å². The maximum Gasteiger partial charge on any atom is 0.317 e. The predicted octanol–water partition coefficient (Wildman–Crippen LogP) is 7.77. The number of amides is 2. The molecule has 5 saturated carbocycles. The third-order valence-corrected chi connectivity index (χ3v) is 16.6. The Labute approximate surface area is 296 Å². The molecule has 2 amide bonds. The number of aliphatic carboxylic acids is 1. The number of carbonyl (C=O) groups excluding carboxylic acids is 2. The summed E-state index contributed by atoms with van der Waals surface area (Å²) >= 11 is 0. The molecule has 0 unspecified atom stereocenters. The number of piperazine rings is 1. The second-order valence-corrected chi connectivity index (χ2v) is 19.8. The summed E-state index contributed by atoms with van der Waals surface area (Å²) < 4.78 is 6.18. The molecule has 0 aromatic heterocycles. The lowest BCUT2D eigenvalue weighted by Crippen LogP contribution is -2.69. The molecule has 0 aromatic rings. The van der Waals surface area contributed by atoms with Gasteiger partial charge in [-0.15, -0.1) is 0 Å². The molecule has 6 aliphatic rings. The van der Waals surface area contributed by atoms with Crippen LogP contribution in [0, 0.1) is 56.7 Å². The van der Waals surface area contributed by atoms with E-state index in [9.17, 15) is 19.5 Å². The minimum Gasteiger partial charge on any atom is -0.481 e. The number of rotatable bonds is 6. The fourth-order valence-electron chi connectivity index (χ4n) is 13.5. The van der Waals surface area contributed by atoms with Crippen LogP contribution in [0.2, 0.25) is 0 Å². The Kier molecular flexibility index (Phi) is 9.18. The molecule has 6 rings (SSSR count). The van der Waals surface area contributed by atoms with Gasteiger partial charge in [-0.25, -0.2) is 4.79 Å². The van der Waals surface area contributed by atoms with Crippen molar-refractivity contribution in [2.24, 2.45) is 56.7 Å². The first-order valence-electron chi connectivity index (χ1n) is 19.6. The minimum absolute atomic E-state index is 0.110. The Morgan fingerprint density at radius 3 is 2.16 bits per heavy atom. The zero-order valence-electron chi connectivity index (χ0n) is 32.3. The van der Waals surface area contributed by atoms with Crippen molar-refractivity contribution in [1.29, 1.82) is 0 Å². The SMILES string of the molecule is C=C(C)[C@@H]1CC[C@]2(NC(=O)N3CCN(C)CC3)CC[C@]3(C)[C@H](CC[C@@H]4[C@@]5(C)CC[C@H](OC(=O)CC(C)(C)C(=O)O)C(C)(C)[C@@H]5CC[C@]43C)[C@@H]12. The van der Waals surface area contributed by atoms with Gasteiger partial charge in [0.25, 0.3) is 0 Å². The number of esters is 1. The van der Waals surface area contributed by atoms with Gasteiger partial charge in [-0.1, -0.05) is 46.8 Å². The van der Waals surface area contributed by atoms with Gasteiger partial charge in [0, 0.05) is 37.1 Å². The average Bonchev–Trinajstić information content (AvgIpc) is 3.38. The number of fused-ring (bicyclic) bond motifs is 7. The number of allylic oxidation sites excluding steroid dienone is 1. The van der Waals surface area contributed by atoms with E-state index in [0.717, 1.165) is 71.1 Å². The number of hydrogen-bond acceptors (Lipinski definition) is 5. The molecular weight excluding hydrogens is 614 g/mol. The molecule has 5 aliphatic carbocycles. The molecule has 1 aliphatic heterocycles. The van der Waals surface area contributed by atoms with E-state index < -0.39 is 17.4 Å². The number of urea groups is 1. The number of carboxylic acid groups (broad SMARTS) is 1. The monoisotopic (exact) mass is 682 g/mol. The number of ether oxygens (including phenoxy) is 1. The highest BCUT2D eigenvalue weighted by molar-refractivity contribution is 5.81. The van der Waals surface area contributed by atoms with E-state index in [2.05, 4.69) is 70.3 Å². The maximum absolute atomic E-state index is 13.9. The van der Waals surface area contributed by atoms with Crippen LogP contribution in [0.5, 0.6) is 0 Å². The molecule has 1 heterocycles. The third-order valence-electron chi connectivity index (χ3n) is 16.6. The first kappa shape index (κ1) is 36.7. The quantitative estimate of drug-likeness (QED) is 0.220. The molecular formula is C41H67N3O5. The van der Waals surface area contributed by atoms with Gasteiger partial charge in [0.2, 0.25) is 0 Å². The normalized spacial score (nSPS) is 43.3. The first-order chi connectivity index (χ1) is 22.7. The Bertz CT molecular complexity index is 1350. The smallest absolute Gasteiger partial charge is 0.317 e. The predicted molar refractivity (Wildman–Crippen MR) is 193 cm³/mol. The lowest BCUT2D eigenvalue weighted by Gasteiger charge is -2.73. The van der Waals surface area contributed by atoms with Crippen LogP contribution in [0.25, 0.3) is 0 Å². The van der Waals surface area contributed by atoms with E-state index in [4.69, 9.17) is 4.74 Å². The first-order valence-corrected chi connectivity index (χ1v) is 19.6. The zero-order chi connectivity index (χ0) is 35.9. The molecule has 10 atom stereocenters. The van der Waals surface area contributed by atoms with Gasteiger partial charge < -0.3 is 25.0 Å². The van der Waals surface area contributed by atoms with Gasteiger partial charge in [0.1, 0.15) is 6.10 Å². The van der Waals surface area contributed by atoms with Crippen LogP contribution in [0.15, 0.2) is 12.2 Å². The molecule has 8 nitrogen and oxygen atoms in total. The van der Waals surface area contributed by atoms with Gasteiger partial charge in [0.05, 0.1) is 11.8 Å². The second kappa shape index (κ2) is 12.3. The maximum atomic E-state index is 13.9. The van der Waals surface area contributed by atoms with E-state index in [-0.39, 0.29) is 45.8 Å². The van der Waals surface area contributed by atoms with Gasteiger partial charge in [-0.05, 0) is 138 Å². The summed E-state index contributed by atoms with van der Waals surface area (Å²) in [5, 5.41) is 13.4. The van der Waals surface area contributed by atoms with E-state index in [1.165, 1.54) is 24.8 Å². The van der Waals surface area contributed by atoms with Crippen LogP contribution in [-0.2, 0) is 14.3 Å². The van der Waals surface area contributed by atoms with Crippen molar-refractivity contribution in [2.75, 3.05) is 33.2 Å². The molecule has 0 bridgehead atoms. The largest absolute Gasteiger partial charge is 0.481 e. The lowest BCUT2D eigenvalue weighted by molar-refractivity contribution is -0.246. The highest BCUT2D eigenvalue weighted by Gasteiger charge is 2.71. The van der Waals surface area contributed by atoms with Gasteiger partial charge in [-0.2, -0.15) is 0 Å². The van der Waals surface area contributed by atoms with Crippen LogP contribution in [0.1, 0.15) is 126 Å². The van der Waals surface area contributed by atoms with Crippen molar-refractivity contribution in [3.63, 3.8) is 0 Å². The standard InChI is InChI=1S/C41H67N3O5/c1-26(2)27-13-18-41(42-35(48)44-23-21-43(10)22-24-44)20-19-39(8)28(33(27)41)11-12-30-38(7)16-15-31(49-32(45)25-36(3,4)34(46)47)37(5,6)29(38)14-17-40(30,39)9/h27-31,33H,1,11-25H2,2-10H3,(H,42,48)(H,46,47)/t27-,28+,29-,30+,31-,33+,38-,39+,40+,41-/m0/s1. The Morgan fingerprint density at radius 1 is 0.857 bits per heavy atom. The second-order valence-electron chi connectivity index (χ2n) is 19.8. The number of hydrogen-bond donors (Lipinski definition) is 2. The summed E-state index contributed by atoms with van der Waals surface area (Å²) in [6.45, 7) is 25.9. The van der Waals surface area contributed by atoms with Crippen molar-refractivity contribution < 1.29 is 24.2 Å². The molecule has 276 valence electrons. The van der Waals surface area contributed by atoms with Crippen LogP contribution in [0.4, 0.5) is 4.79 Å². The van der Waals surface area contributed by atoms with E-state index in [1.807, 2.05) is 0 Å². The summed E-state index contributed by atoms with van der Waals surface area (Å²) in [5.41, 5.74) is 0.291. The van der Waals surface area contributed by atoms with Crippen molar-refractivity contribution in [3.05, 3.63) is 12.2 Å². The highest BCUT2D eigenvalue weighted by atomic mass is 16.5. The number of nitrogens with one attached hydrogen (secondary N) is 1. The fourth-order valence-corrected chi connectivity index (χ4v) is 13.5. The summed E-state index contributed by atoms with van der Waals surface area (Å²) in [5.74, 6) is 1.06. The van der Waals surface area contributed by atoms with Crippen molar-refractivity contribution in [3.8, 4) is 0 Å². The van der Waals surface area contributed by atoms with Crippen LogP contribution >= 0.6 is 0 Å². The Balaban J connectivity index is 1.24. The lowest BCUT2D eigenvalue weighted by atomic mass is 9.32. The molecule has 49 heavy (non-hydrogen) atoms. The van der Waals surface area contributed by atoms with E-state index in [1.54, 1.807) is 13.8 Å². The fraction of sp³-hybridized carbons (Fsp3) is 0.878.